The number of nitrogens with zero attached hydrogens (tertiary/aromatic N) is 1. The number of carbonyl (C=O) groups is 2. The van der Waals surface area contributed by atoms with Gasteiger partial charge in [0, 0.05) is 7.11 Å². The van der Waals surface area contributed by atoms with Gasteiger partial charge in [0.2, 0.25) is 11.6 Å². The molecule has 0 bridgehead atoms. The molecule has 120 valence electrons. The van der Waals surface area contributed by atoms with Gasteiger partial charge in [0.05, 0.1) is 6.42 Å². The number of methoxy groups -OCH3 is 1. The molecule has 2 rings (SSSR count). The third-order valence-corrected chi connectivity index (χ3v) is 4.54. The molecule has 1 heterocycles. The molecule has 8 nitrogen and oxygen atoms in total. The minimum absolute atomic E-state index is 0.0117. The molecule has 1 aromatic carbocycles. The summed E-state index contributed by atoms with van der Waals surface area (Å²) >= 11 is 0. The Morgan fingerprint density at radius 1 is 1.41 bits per heavy atom. The van der Waals surface area contributed by atoms with Crippen molar-refractivity contribution < 1.29 is 27.3 Å². The van der Waals surface area contributed by atoms with Crippen LogP contribution < -0.4 is 5.32 Å². The van der Waals surface area contributed by atoms with Crippen LogP contribution in [0.1, 0.15) is 12.5 Å². The monoisotopic (exact) mass is 328 g/mol. The maximum absolute atomic E-state index is 12.1. The summed E-state index contributed by atoms with van der Waals surface area (Å²) in [5.41, 5.74) is -1.06. The van der Waals surface area contributed by atoms with Crippen LogP contribution in [0.2, 0.25) is 0 Å². The number of amides is 2. The molecule has 0 unspecified atom stereocenters. The van der Waals surface area contributed by atoms with Crippen LogP contribution in [0.4, 0.5) is 0 Å². The molecule has 1 aliphatic rings. The van der Waals surface area contributed by atoms with Gasteiger partial charge < -0.3 is 10.1 Å². The summed E-state index contributed by atoms with van der Waals surface area (Å²) in [6.07, 6.45) is 0.0117. The fourth-order valence-electron chi connectivity index (χ4n) is 2.42. The number of carbonyl (C=O) groups excluding carboxylic acids is 2. The smallest absolute Gasteiger partial charge is 0.349 e. The summed E-state index contributed by atoms with van der Waals surface area (Å²) in [6.45, 7) is 1.35. The Bertz CT molecular complexity index is 690. The topological polar surface area (TPSA) is 113 Å². The summed E-state index contributed by atoms with van der Waals surface area (Å²) in [5, 5.41) is 2.40. The van der Waals surface area contributed by atoms with E-state index in [2.05, 4.69) is 5.32 Å². The summed E-state index contributed by atoms with van der Waals surface area (Å²) < 4.78 is 36.5. The van der Waals surface area contributed by atoms with Crippen LogP contribution in [0.3, 0.4) is 0 Å². The van der Waals surface area contributed by atoms with E-state index in [-0.39, 0.29) is 10.7 Å². The number of rotatable bonds is 5. The first kappa shape index (κ1) is 16.4. The highest BCUT2D eigenvalue weighted by molar-refractivity contribution is 7.84. The van der Waals surface area contributed by atoms with Crippen LogP contribution in [0.15, 0.2) is 30.3 Å². The van der Waals surface area contributed by atoms with Crippen LogP contribution in [-0.2, 0) is 31.1 Å². The van der Waals surface area contributed by atoms with Crippen molar-refractivity contribution in [1.82, 2.24) is 9.62 Å². The number of nitrogens with one attached hydrogen (secondary N) is 1. The second-order valence-electron chi connectivity index (χ2n) is 4.91. The third-order valence-electron chi connectivity index (χ3n) is 3.56. The van der Waals surface area contributed by atoms with Gasteiger partial charge in [-0.2, -0.15) is 8.42 Å². The van der Waals surface area contributed by atoms with Crippen molar-refractivity contribution in [2.75, 3.05) is 7.11 Å². The fraction of sp³-hybridized carbons (Fsp3) is 0.385. The second kappa shape index (κ2) is 5.67. The number of hydrogen-bond acceptors (Lipinski definition) is 5. The zero-order valence-electron chi connectivity index (χ0n) is 12.0. The first-order chi connectivity index (χ1) is 10.2. The Morgan fingerprint density at radius 2 is 2.00 bits per heavy atom. The molecule has 9 heteroatoms. The van der Waals surface area contributed by atoms with Gasteiger partial charge >= 0.3 is 10.3 Å². The Balaban J connectivity index is 2.13. The lowest BCUT2D eigenvalue weighted by Crippen LogP contribution is -2.81. The van der Waals surface area contributed by atoms with E-state index >= 15 is 0 Å². The summed E-state index contributed by atoms with van der Waals surface area (Å²) in [6, 6.07) is 7.78. The predicted octanol–water partition coefficient (Wildman–Crippen LogP) is -0.278. The molecule has 2 amide bonds. The van der Waals surface area contributed by atoms with Crippen LogP contribution in [0, 0.1) is 0 Å². The molecule has 1 fully saturated rings. The first-order valence-corrected chi connectivity index (χ1v) is 7.83. The number of benzene rings is 1. The standard InChI is InChI=1S/C13H16N2O6S/c1-9-13(21-2,12(17)15(9)22(18,19)20)14-11(16)8-10-6-4-3-5-7-10/h3-7,9H,8H2,1-2H3,(H,14,16)(H,18,19,20)/t9-,13-/m0/s1. The van der Waals surface area contributed by atoms with Crippen molar-refractivity contribution in [1.29, 1.82) is 0 Å². The molecule has 0 saturated carbocycles. The van der Waals surface area contributed by atoms with E-state index in [9.17, 15) is 18.0 Å². The zero-order valence-corrected chi connectivity index (χ0v) is 12.8. The molecule has 1 aromatic rings. The van der Waals surface area contributed by atoms with Gasteiger partial charge in [-0.25, -0.2) is 4.31 Å². The number of hydrogen-bond donors (Lipinski definition) is 2. The lowest BCUT2D eigenvalue weighted by molar-refractivity contribution is -0.192. The molecule has 1 saturated heterocycles. The molecule has 0 aliphatic carbocycles. The van der Waals surface area contributed by atoms with Gasteiger partial charge in [-0.05, 0) is 12.5 Å². The second-order valence-corrected chi connectivity index (χ2v) is 6.19. The van der Waals surface area contributed by atoms with E-state index in [4.69, 9.17) is 9.29 Å². The maximum atomic E-state index is 12.1. The molecule has 0 spiro atoms. The first-order valence-electron chi connectivity index (χ1n) is 6.43. The van der Waals surface area contributed by atoms with Crippen molar-refractivity contribution in [3.05, 3.63) is 35.9 Å². The number of β-lactam (4-membered cyclic amide) rings is 1. The summed E-state index contributed by atoms with van der Waals surface area (Å²) in [4.78, 5) is 24.1. The van der Waals surface area contributed by atoms with Crippen molar-refractivity contribution in [2.45, 2.75) is 25.1 Å². The van der Waals surface area contributed by atoms with E-state index in [0.717, 1.165) is 5.56 Å². The summed E-state index contributed by atoms with van der Waals surface area (Å²) in [5.74, 6) is -1.53. The van der Waals surface area contributed by atoms with Gasteiger partial charge in [0.1, 0.15) is 6.04 Å². The van der Waals surface area contributed by atoms with Crippen molar-refractivity contribution >= 4 is 22.1 Å². The largest absolute Gasteiger partial charge is 0.362 e. The van der Waals surface area contributed by atoms with Crippen molar-refractivity contribution in [2.24, 2.45) is 0 Å². The minimum atomic E-state index is -4.69. The average molecular weight is 328 g/mol. The van der Waals surface area contributed by atoms with Crippen LogP contribution in [-0.4, -0.2) is 48.0 Å². The van der Waals surface area contributed by atoms with Crippen molar-refractivity contribution in [3.63, 3.8) is 0 Å². The van der Waals surface area contributed by atoms with Gasteiger partial charge in [0.15, 0.2) is 0 Å². The van der Waals surface area contributed by atoms with E-state index in [0.29, 0.717) is 0 Å². The molecular weight excluding hydrogens is 312 g/mol. The molecule has 2 N–H and O–H groups in total. The highest BCUT2D eigenvalue weighted by Gasteiger charge is 2.64. The van der Waals surface area contributed by atoms with E-state index in [1.54, 1.807) is 30.3 Å². The van der Waals surface area contributed by atoms with Gasteiger partial charge in [0.25, 0.3) is 5.91 Å². The number of ether oxygens (including phenoxy) is 1. The Morgan fingerprint density at radius 3 is 2.45 bits per heavy atom. The molecule has 0 aromatic heterocycles. The van der Waals surface area contributed by atoms with Gasteiger partial charge in [-0.1, -0.05) is 30.3 Å². The molecule has 2 atom stereocenters. The Hall–Kier alpha value is -1.97. The van der Waals surface area contributed by atoms with Crippen LogP contribution >= 0.6 is 0 Å². The molecule has 1 aliphatic heterocycles. The Labute approximate surface area is 127 Å². The minimum Gasteiger partial charge on any atom is -0.349 e. The zero-order chi connectivity index (χ0) is 16.5. The molecule has 22 heavy (non-hydrogen) atoms. The average Bonchev–Trinajstić information content (AvgIpc) is 2.44. The fourth-order valence-corrected chi connectivity index (χ4v) is 3.31. The van der Waals surface area contributed by atoms with Gasteiger partial charge in [-0.15, -0.1) is 0 Å². The van der Waals surface area contributed by atoms with E-state index in [1.165, 1.54) is 14.0 Å². The van der Waals surface area contributed by atoms with Crippen LogP contribution in [0.5, 0.6) is 0 Å². The predicted molar refractivity (Wildman–Crippen MR) is 75.9 cm³/mol. The van der Waals surface area contributed by atoms with E-state index in [1.807, 2.05) is 0 Å². The molecular formula is C13H16N2O6S. The maximum Gasteiger partial charge on any atom is 0.362 e. The normalized spacial score (nSPS) is 24.8. The quantitative estimate of drug-likeness (QED) is 0.437. The van der Waals surface area contributed by atoms with E-state index < -0.39 is 33.9 Å². The SMILES string of the molecule is CO[C@]1(NC(=O)Cc2ccccc2)C(=O)N(S(=O)(=O)O)[C@H]1C. The molecule has 0 radical (unpaired) electrons. The highest BCUT2D eigenvalue weighted by atomic mass is 32.2. The lowest BCUT2D eigenvalue weighted by atomic mass is 9.94. The van der Waals surface area contributed by atoms with Crippen molar-refractivity contribution in [3.8, 4) is 0 Å². The lowest BCUT2D eigenvalue weighted by Gasteiger charge is -2.50. The van der Waals surface area contributed by atoms with Crippen LogP contribution in [0.25, 0.3) is 0 Å². The third kappa shape index (κ3) is 2.70. The Kier molecular flexibility index (Phi) is 4.23. The van der Waals surface area contributed by atoms with Gasteiger partial charge in [-0.3, -0.25) is 14.1 Å². The highest BCUT2D eigenvalue weighted by Crippen LogP contribution is 2.33. The summed E-state index contributed by atoms with van der Waals surface area (Å²) in [7, 11) is -3.51.